The number of anilines is 1. The first-order chi connectivity index (χ1) is 13.1. The van der Waals surface area contributed by atoms with Gasteiger partial charge in [-0.2, -0.15) is 8.42 Å². The molecule has 1 atom stereocenters. The van der Waals surface area contributed by atoms with Gasteiger partial charge in [-0.05, 0) is 0 Å². The van der Waals surface area contributed by atoms with E-state index >= 15 is 0 Å². The topological polar surface area (TPSA) is 181 Å². The Labute approximate surface area is 158 Å². The second kappa shape index (κ2) is 6.87. The molecule has 0 aromatic heterocycles. The summed E-state index contributed by atoms with van der Waals surface area (Å²) in [5, 5.41) is 41.5. The average Bonchev–Trinajstić information content (AvgIpc) is 2.63. The van der Waals surface area contributed by atoms with Crippen molar-refractivity contribution >= 4 is 27.4 Å². The molecule has 2 aromatic rings. The molecule has 2 aromatic carbocycles. The van der Waals surface area contributed by atoms with Gasteiger partial charge in [-0.3, -0.25) is 14.1 Å². The number of carbonyl (C=O) groups excluding carboxylic acids is 2. The molecule has 0 radical (unpaired) electrons. The van der Waals surface area contributed by atoms with E-state index in [1.807, 2.05) is 0 Å². The molecule has 1 aliphatic carbocycles. The van der Waals surface area contributed by atoms with Gasteiger partial charge in [0, 0.05) is 17.7 Å². The number of benzene rings is 2. The maximum atomic E-state index is 12.9. The van der Waals surface area contributed by atoms with Crippen molar-refractivity contribution in [3.8, 4) is 11.5 Å². The first kappa shape index (κ1) is 19.8. The first-order valence-electron chi connectivity index (χ1n) is 7.90. The highest BCUT2D eigenvalue weighted by Gasteiger charge is 2.40. The summed E-state index contributed by atoms with van der Waals surface area (Å²) < 4.78 is 32.7. The van der Waals surface area contributed by atoms with Crippen LogP contribution in [-0.2, 0) is 10.1 Å². The lowest BCUT2D eigenvalue weighted by Crippen LogP contribution is -2.27. The molecule has 1 aliphatic rings. The number of aromatic hydroxyl groups is 2. The van der Waals surface area contributed by atoms with Crippen LogP contribution in [0.3, 0.4) is 0 Å². The van der Waals surface area contributed by atoms with E-state index in [2.05, 4.69) is 5.32 Å². The van der Waals surface area contributed by atoms with Crippen LogP contribution >= 0.6 is 0 Å². The monoisotopic (exact) mass is 409 g/mol. The van der Waals surface area contributed by atoms with Crippen molar-refractivity contribution in [2.24, 2.45) is 0 Å². The fourth-order valence-electron chi connectivity index (χ4n) is 3.00. The Hall–Kier alpha value is -2.99. The molecular weight excluding hydrogens is 394 g/mol. The number of hydrogen-bond donors (Lipinski definition) is 6. The number of rotatable bonds is 5. The molecule has 0 heterocycles. The molecule has 11 heteroatoms. The van der Waals surface area contributed by atoms with Crippen LogP contribution in [0.25, 0.3) is 0 Å². The Kier molecular flexibility index (Phi) is 4.85. The van der Waals surface area contributed by atoms with Crippen molar-refractivity contribution in [3.63, 3.8) is 0 Å². The van der Waals surface area contributed by atoms with Gasteiger partial charge >= 0.3 is 10.1 Å². The maximum absolute atomic E-state index is 12.9. The number of phenols is 2. The van der Waals surface area contributed by atoms with Crippen LogP contribution in [0.4, 0.5) is 5.69 Å². The standard InChI is InChI=1S/C17H15NO9S/c19-6-7(20)5-18-12-10-11(15(23)17(16(12)24)28(25,26)27)14(22)9-4-2-1-3-8(9)13(10)21/h1-4,7,18-20,23-24H,5-6H2,(H,25,26,27). The molecule has 6 N–H and O–H groups in total. The molecule has 0 saturated carbocycles. The average molecular weight is 409 g/mol. The van der Waals surface area contributed by atoms with Crippen molar-refractivity contribution in [1.82, 2.24) is 0 Å². The SMILES string of the molecule is O=C1c2ccccc2C(=O)c2c(NCC(O)CO)c(O)c(S(=O)(=O)O)c(O)c21. The van der Waals surface area contributed by atoms with Crippen molar-refractivity contribution in [1.29, 1.82) is 0 Å². The van der Waals surface area contributed by atoms with E-state index in [0.717, 1.165) is 0 Å². The summed E-state index contributed by atoms with van der Waals surface area (Å²) in [5.41, 5.74) is -1.94. The predicted molar refractivity (Wildman–Crippen MR) is 94.5 cm³/mol. The zero-order valence-corrected chi connectivity index (χ0v) is 14.9. The van der Waals surface area contributed by atoms with Crippen molar-refractivity contribution in [2.75, 3.05) is 18.5 Å². The largest absolute Gasteiger partial charge is 0.506 e. The second-order valence-corrected chi connectivity index (χ2v) is 7.41. The Morgan fingerprint density at radius 2 is 1.50 bits per heavy atom. The van der Waals surface area contributed by atoms with Gasteiger partial charge in [0.2, 0.25) is 0 Å². The van der Waals surface area contributed by atoms with Crippen LogP contribution in [0.1, 0.15) is 31.8 Å². The van der Waals surface area contributed by atoms with Gasteiger partial charge in [-0.1, -0.05) is 24.3 Å². The van der Waals surface area contributed by atoms with Crippen LogP contribution in [0.15, 0.2) is 29.2 Å². The number of fused-ring (bicyclic) bond motifs is 2. The van der Waals surface area contributed by atoms with Crippen molar-refractivity contribution in [3.05, 3.63) is 46.5 Å². The first-order valence-corrected chi connectivity index (χ1v) is 9.34. The summed E-state index contributed by atoms with van der Waals surface area (Å²) >= 11 is 0. The third-order valence-corrected chi connectivity index (χ3v) is 5.16. The highest BCUT2D eigenvalue weighted by Crippen LogP contribution is 2.47. The van der Waals surface area contributed by atoms with Crippen molar-refractivity contribution in [2.45, 2.75) is 11.0 Å². The highest BCUT2D eigenvalue weighted by molar-refractivity contribution is 7.86. The van der Waals surface area contributed by atoms with Crippen LogP contribution in [-0.4, -0.2) is 64.2 Å². The molecule has 10 nitrogen and oxygen atoms in total. The number of nitrogens with one attached hydrogen (secondary N) is 1. The second-order valence-electron chi connectivity index (χ2n) is 6.05. The molecule has 28 heavy (non-hydrogen) atoms. The molecular formula is C17H15NO9S. The van der Waals surface area contributed by atoms with Crippen LogP contribution in [0, 0.1) is 0 Å². The third-order valence-electron chi connectivity index (χ3n) is 4.26. The van der Waals surface area contributed by atoms with Gasteiger partial charge < -0.3 is 25.7 Å². The number of phenolic OH excluding ortho intramolecular Hbond substituents is 2. The summed E-state index contributed by atoms with van der Waals surface area (Å²) in [5.74, 6) is -4.16. The molecule has 3 rings (SSSR count). The molecule has 0 spiro atoms. The van der Waals surface area contributed by atoms with Crippen molar-refractivity contribution < 1.29 is 43.0 Å². The predicted octanol–water partition coefficient (Wildman–Crippen LogP) is -0.115. The number of aliphatic hydroxyl groups is 2. The molecule has 1 unspecified atom stereocenters. The minimum absolute atomic E-state index is 0.0378. The normalized spacial score (nSPS) is 14.4. The van der Waals surface area contributed by atoms with E-state index in [1.165, 1.54) is 24.3 Å². The number of aliphatic hydroxyl groups excluding tert-OH is 2. The number of carbonyl (C=O) groups is 2. The van der Waals surface area contributed by atoms with Gasteiger partial charge in [0.25, 0.3) is 0 Å². The summed E-state index contributed by atoms with van der Waals surface area (Å²) in [6.45, 7) is -1.12. The number of hydrogen-bond acceptors (Lipinski definition) is 9. The molecule has 148 valence electrons. The minimum atomic E-state index is -5.20. The van der Waals surface area contributed by atoms with Gasteiger partial charge in [0.1, 0.15) is 0 Å². The fourth-order valence-corrected chi connectivity index (χ4v) is 3.69. The lowest BCUT2D eigenvalue weighted by Gasteiger charge is -2.24. The zero-order chi connectivity index (χ0) is 20.8. The summed E-state index contributed by atoms with van der Waals surface area (Å²) in [6.07, 6.45) is -1.35. The third kappa shape index (κ3) is 2.99. The Morgan fingerprint density at radius 3 is 2.00 bits per heavy atom. The lowest BCUT2D eigenvalue weighted by atomic mass is 9.82. The minimum Gasteiger partial charge on any atom is -0.506 e. The van der Waals surface area contributed by atoms with Crippen LogP contribution < -0.4 is 5.32 Å². The van der Waals surface area contributed by atoms with E-state index in [0.29, 0.717) is 0 Å². The molecule has 0 bridgehead atoms. The van der Waals surface area contributed by atoms with Crippen LogP contribution in [0.2, 0.25) is 0 Å². The quantitative estimate of drug-likeness (QED) is 0.189. The van der Waals surface area contributed by atoms with E-state index in [4.69, 9.17) is 5.11 Å². The molecule has 0 fully saturated rings. The summed E-state index contributed by atoms with van der Waals surface area (Å²) in [7, 11) is -5.20. The maximum Gasteiger partial charge on any atom is 0.302 e. The Balaban J connectivity index is 2.37. The Bertz CT molecular complexity index is 1110. The van der Waals surface area contributed by atoms with E-state index in [-0.39, 0.29) is 11.1 Å². The van der Waals surface area contributed by atoms with E-state index in [1.54, 1.807) is 0 Å². The van der Waals surface area contributed by atoms with E-state index < -0.39 is 74.1 Å². The van der Waals surface area contributed by atoms with E-state index in [9.17, 15) is 37.9 Å². The Morgan fingerprint density at radius 1 is 0.964 bits per heavy atom. The van der Waals surface area contributed by atoms with Gasteiger partial charge in [-0.15, -0.1) is 0 Å². The highest BCUT2D eigenvalue weighted by atomic mass is 32.2. The van der Waals surface area contributed by atoms with Crippen LogP contribution in [0.5, 0.6) is 11.5 Å². The van der Waals surface area contributed by atoms with Gasteiger partial charge in [-0.25, -0.2) is 0 Å². The molecule has 0 amide bonds. The number of ketones is 2. The molecule has 0 saturated heterocycles. The molecule has 0 aliphatic heterocycles. The van der Waals surface area contributed by atoms with Gasteiger partial charge in [0.05, 0.1) is 29.5 Å². The smallest absolute Gasteiger partial charge is 0.302 e. The lowest BCUT2D eigenvalue weighted by molar-refractivity contribution is 0.0975. The van der Waals surface area contributed by atoms with Gasteiger partial charge in [0.15, 0.2) is 28.0 Å². The summed E-state index contributed by atoms with van der Waals surface area (Å²) in [4.78, 5) is 24.4. The zero-order valence-electron chi connectivity index (χ0n) is 14.1. The summed E-state index contributed by atoms with van der Waals surface area (Å²) in [6, 6.07) is 5.60. The fraction of sp³-hybridized carbons (Fsp3) is 0.176.